The maximum atomic E-state index is 10.7. The number of rotatable bonds is 2. The third-order valence-corrected chi connectivity index (χ3v) is 5.06. The van der Waals surface area contributed by atoms with Crippen molar-refractivity contribution in [3.63, 3.8) is 0 Å². The van der Waals surface area contributed by atoms with Crippen molar-refractivity contribution in [3.05, 3.63) is 97.1 Å². The fourth-order valence-electron chi connectivity index (χ4n) is 3.86. The second kappa shape index (κ2) is 5.82. The summed E-state index contributed by atoms with van der Waals surface area (Å²) >= 11 is 0. The van der Waals surface area contributed by atoms with Crippen LogP contribution in [-0.2, 0) is 0 Å². The molecule has 0 aliphatic rings. The van der Waals surface area contributed by atoms with Gasteiger partial charge in [-0.15, -0.1) is 29.8 Å². The maximum absolute atomic E-state index is 10.7. The number of phenolic OH excluding ortho intramolecular Hbond substituents is 1. The Morgan fingerprint density at radius 3 is 2.15 bits per heavy atom. The molecule has 0 fully saturated rings. The van der Waals surface area contributed by atoms with Gasteiger partial charge in [-0.3, -0.25) is 0 Å². The minimum atomic E-state index is 0.319. The van der Waals surface area contributed by atoms with Gasteiger partial charge in [0.2, 0.25) is 0 Å². The van der Waals surface area contributed by atoms with Crippen molar-refractivity contribution in [2.75, 3.05) is 0 Å². The highest BCUT2D eigenvalue weighted by atomic mass is 16.3. The second-order valence-electron chi connectivity index (χ2n) is 6.56. The van der Waals surface area contributed by atoms with Crippen LogP contribution in [0.4, 0.5) is 0 Å². The van der Waals surface area contributed by atoms with E-state index in [4.69, 9.17) is 0 Å². The molecule has 0 radical (unpaired) electrons. The predicted octanol–water partition coefficient (Wildman–Crippen LogP) is 6.75. The second-order valence-corrected chi connectivity index (χ2v) is 6.56. The van der Waals surface area contributed by atoms with Gasteiger partial charge in [-0.2, -0.15) is 0 Å². The van der Waals surface area contributed by atoms with E-state index >= 15 is 0 Å². The Morgan fingerprint density at radius 2 is 1.31 bits per heavy atom. The van der Waals surface area contributed by atoms with Crippen LogP contribution >= 0.6 is 0 Å². The molecule has 5 aromatic carbocycles. The van der Waals surface area contributed by atoms with Crippen molar-refractivity contribution in [2.45, 2.75) is 0 Å². The Balaban J connectivity index is 1.89. The quantitative estimate of drug-likeness (QED) is 0.354. The first kappa shape index (κ1) is 14.9. The van der Waals surface area contributed by atoms with Crippen molar-refractivity contribution in [3.8, 4) is 28.0 Å². The molecule has 5 aromatic rings. The van der Waals surface area contributed by atoms with Gasteiger partial charge >= 0.3 is 0 Å². The summed E-state index contributed by atoms with van der Waals surface area (Å²) in [5.74, 6) is 0.319. The molecule has 0 saturated carbocycles. The highest BCUT2D eigenvalue weighted by Crippen LogP contribution is 2.44. The molecule has 0 bridgehead atoms. The Kier molecular flexibility index (Phi) is 3.32. The number of hydrogen-bond donors (Lipinski definition) is 1. The van der Waals surface area contributed by atoms with E-state index in [0.717, 1.165) is 27.3 Å². The van der Waals surface area contributed by atoms with E-state index in [1.165, 1.54) is 16.5 Å². The first-order valence-electron chi connectivity index (χ1n) is 8.78. The molecule has 0 aliphatic heterocycles. The van der Waals surface area contributed by atoms with E-state index < -0.39 is 0 Å². The van der Waals surface area contributed by atoms with Crippen LogP contribution in [0, 0.1) is 0 Å². The van der Waals surface area contributed by atoms with Crippen LogP contribution < -0.4 is 0 Å². The number of fused-ring (bicyclic) bond motifs is 2. The largest absolute Gasteiger partial charge is 0.508 e. The minimum absolute atomic E-state index is 0.319. The molecule has 0 unspecified atom stereocenters. The molecule has 0 atom stereocenters. The van der Waals surface area contributed by atoms with Gasteiger partial charge in [0.25, 0.3) is 0 Å². The van der Waals surface area contributed by atoms with Crippen LogP contribution in [0.15, 0.2) is 97.1 Å². The third kappa shape index (κ3) is 2.21. The Labute approximate surface area is 152 Å². The first-order chi connectivity index (χ1) is 12.8. The number of hydrogen-bond acceptors (Lipinski definition) is 1. The summed E-state index contributed by atoms with van der Waals surface area (Å²) in [6.45, 7) is 0. The van der Waals surface area contributed by atoms with Gasteiger partial charge in [0.15, 0.2) is 0 Å². The zero-order valence-electron chi connectivity index (χ0n) is 14.2. The van der Waals surface area contributed by atoms with E-state index in [9.17, 15) is 5.11 Å². The van der Waals surface area contributed by atoms with Gasteiger partial charge in [-0.1, -0.05) is 88.6 Å². The minimum Gasteiger partial charge on any atom is -0.508 e. The van der Waals surface area contributed by atoms with Gasteiger partial charge in [0, 0.05) is 0 Å². The summed E-state index contributed by atoms with van der Waals surface area (Å²) < 4.78 is 0. The summed E-state index contributed by atoms with van der Waals surface area (Å²) in [4.78, 5) is 0. The molecule has 0 aliphatic carbocycles. The van der Waals surface area contributed by atoms with E-state index in [0.29, 0.717) is 5.75 Å². The van der Waals surface area contributed by atoms with E-state index in [-0.39, 0.29) is 0 Å². The average molecular weight is 333 g/mol. The van der Waals surface area contributed by atoms with E-state index in [1.54, 1.807) is 6.07 Å². The zero-order chi connectivity index (χ0) is 17.5. The van der Waals surface area contributed by atoms with Crippen LogP contribution in [-0.4, -0.2) is 5.11 Å². The normalized spacial score (nSPS) is 11.2. The molecule has 0 spiro atoms. The summed E-state index contributed by atoms with van der Waals surface area (Å²) in [6, 6.07) is 33.0. The number of aromatic hydroxyl groups is 1. The lowest BCUT2D eigenvalue weighted by atomic mass is 9.97. The lowest BCUT2D eigenvalue weighted by Gasteiger charge is -2.12. The van der Waals surface area contributed by atoms with E-state index in [1.807, 2.05) is 24.3 Å². The van der Waals surface area contributed by atoms with Crippen LogP contribution in [0.2, 0.25) is 0 Å². The van der Waals surface area contributed by atoms with Gasteiger partial charge in [-0.05, 0) is 22.4 Å². The molecule has 26 heavy (non-hydrogen) atoms. The Morgan fingerprint density at radius 1 is 0.615 bits per heavy atom. The smallest absolute Gasteiger partial charge is 0.117 e. The van der Waals surface area contributed by atoms with Crippen LogP contribution in [0.5, 0.6) is 5.75 Å². The standard InChI is InChI=1S/C25H17O/c26-24-15-14-18-10-4-5-11-19(18)25(24)23-16-22(17-8-2-1-3-9-17)20-12-6-7-13-21(20)23/h1-16,26H/q-1. The van der Waals surface area contributed by atoms with Crippen LogP contribution in [0.3, 0.4) is 0 Å². The molecule has 0 aromatic heterocycles. The van der Waals surface area contributed by atoms with Crippen molar-refractivity contribution in [1.29, 1.82) is 0 Å². The number of phenols is 1. The van der Waals surface area contributed by atoms with Crippen molar-refractivity contribution < 1.29 is 5.11 Å². The molecular weight excluding hydrogens is 316 g/mol. The van der Waals surface area contributed by atoms with Gasteiger partial charge in [0.1, 0.15) is 5.75 Å². The molecule has 0 heterocycles. The predicted molar refractivity (Wildman–Crippen MR) is 110 cm³/mol. The van der Waals surface area contributed by atoms with Crippen molar-refractivity contribution >= 4 is 21.5 Å². The summed E-state index contributed by atoms with van der Waals surface area (Å²) in [7, 11) is 0. The number of benzene rings is 4. The molecule has 0 amide bonds. The van der Waals surface area contributed by atoms with Gasteiger partial charge < -0.3 is 5.11 Å². The van der Waals surface area contributed by atoms with Crippen molar-refractivity contribution in [1.82, 2.24) is 0 Å². The van der Waals surface area contributed by atoms with Crippen LogP contribution in [0.1, 0.15) is 0 Å². The molecule has 1 N–H and O–H groups in total. The molecule has 5 rings (SSSR count). The summed E-state index contributed by atoms with van der Waals surface area (Å²) in [6.07, 6.45) is 0. The Hall–Kier alpha value is -3.45. The highest BCUT2D eigenvalue weighted by Gasteiger charge is 2.12. The summed E-state index contributed by atoms with van der Waals surface area (Å²) in [5.41, 5.74) is 4.37. The fourth-order valence-corrected chi connectivity index (χ4v) is 3.86. The topological polar surface area (TPSA) is 20.2 Å². The maximum Gasteiger partial charge on any atom is 0.117 e. The monoisotopic (exact) mass is 333 g/mol. The SMILES string of the molecule is Oc1ccc2ccccc2c1-c1c[c-](-c2ccccc2)c2ccccc12. The highest BCUT2D eigenvalue weighted by molar-refractivity contribution is 6.13. The lowest BCUT2D eigenvalue weighted by molar-refractivity contribution is 0.478. The molecule has 1 nitrogen and oxygen atoms in total. The Bertz CT molecular complexity index is 1230. The summed E-state index contributed by atoms with van der Waals surface area (Å²) in [5, 5.41) is 15.3. The average Bonchev–Trinajstić information content (AvgIpc) is 3.08. The molecular formula is C25H17O-. The lowest BCUT2D eigenvalue weighted by Crippen LogP contribution is -1.81. The molecule has 124 valence electrons. The fraction of sp³-hybridized carbons (Fsp3) is 0. The first-order valence-corrected chi connectivity index (χ1v) is 8.78. The van der Waals surface area contributed by atoms with Crippen LogP contribution in [0.25, 0.3) is 43.8 Å². The molecule has 0 saturated heterocycles. The zero-order valence-corrected chi connectivity index (χ0v) is 14.2. The third-order valence-electron chi connectivity index (χ3n) is 5.06. The van der Waals surface area contributed by atoms with Crippen molar-refractivity contribution in [2.24, 2.45) is 0 Å². The van der Waals surface area contributed by atoms with E-state index in [2.05, 4.69) is 66.7 Å². The molecule has 1 heteroatoms. The van der Waals surface area contributed by atoms with Gasteiger partial charge in [-0.25, -0.2) is 0 Å². The van der Waals surface area contributed by atoms with Gasteiger partial charge in [0.05, 0.1) is 0 Å².